The molecule has 1 aromatic carbocycles. The number of amides is 2. The molecular weight excluding hydrogens is 330 g/mol. The molecule has 2 amide bonds. The van der Waals surface area contributed by atoms with Gasteiger partial charge in [-0.15, -0.1) is 23.1 Å². The van der Waals surface area contributed by atoms with Crippen LogP contribution in [0.25, 0.3) is 0 Å². The van der Waals surface area contributed by atoms with Gasteiger partial charge in [-0.1, -0.05) is 12.1 Å². The lowest BCUT2D eigenvalue weighted by atomic mass is 10.2. The third-order valence-corrected chi connectivity index (χ3v) is 5.58. The highest BCUT2D eigenvalue weighted by Gasteiger charge is 2.28. The summed E-state index contributed by atoms with van der Waals surface area (Å²) < 4.78 is 0. The lowest BCUT2D eigenvalue weighted by Gasteiger charge is -2.23. The van der Waals surface area contributed by atoms with Crippen LogP contribution in [-0.4, -0.2) is 23.3 Å². The number of hydrogen-bond donors (Lipinski definition) is 2. The zero-order valence-corrected chi connectivity index (χ0v) is 14.0. The number of fused-ring (bicyclic) bond motifs is 1. The zero-order valence-electron chi connectivity index (χ0n) is 12.4. The molecule has 2 aromatic rings. The topological polar surface area (TPSA) is 70.6 Å². The number of rotatable bonds is 4. The second-order valence-electron chi connectivity index (χ2n) is 5.06. The van der Waals surface area contributed by atoms with Gasteiger partial charge in [-0.3, -0.25) is 9.59 Å². The maximum atomic E-state index is 12.0. The van der Waals surface area contributed by atoms with Gasteiger partial charge in [0.25, 0.3) is 0 Å². The Balaban J connectivity index is 1.57. The van der Waals surface area contributed by atoms with Crippen molar-refractivity contribution in [3.63, 3.8) is 0 Å². The molecule has 0 bridgehead atoms. The Labute approximate surface area is 142 Å². The van der Waals surface area contributed by atoms with Gasteiger partial charge in [0.1, 0.15) is 0 Å². The van der Waals surface area contributed by atoms with E-state index >= 15 is 0 Å². The van der Waals surface area contributed by atoms with Crippen molar-refractivity contribution in [2.45, 2.75) is 23.5 Å². The highest BCUT2D eigenvalue weighted by atomic mass is 32.2. The molecule has 118 valence electrons. The largest absolute Gasteiger partial charge is 0.324 e. The highest BCUT2D eigenvalue weighted by molar-refractivity contribution is 8.01. The number of carbonyl (C=O) groups is 2. The predicted molar refractivity (Wildman–Crippen MR) is 94.1 cm³/mol. The minimum atomic E-state index is -0.441. The number of anilines is 1. The fourth-order valence-electron chi connectivity index (χ4n) is 2.12. The van der Waals surface area contributed by atoms with Gasteiger partial charge in [0.15, 0.2) is 0 Å². The Hall–Kier alpha value is -2.12. The maximum Gasteiger partial charge on any atom is 0.241 e. The molecule has 1 aliphatic heterocycles. The Bertz CT molecular complexity index is 770. The second kappa shape index (κ2) is 6.97. The van der Waals surface area contributed by atoms with Crippen molar-refractivity contribution in [1.82, 2.24) is 5.43 Å². The Morgan fingerprint density at radius 1 is 1.39 bits per heavy atom. The number of hydrazone groups is 1. The summed E-state index contributed by atoms with van der Waals surface area (Å²) in [5.41, 5.74) is 4.40. The van der Waals surface area contributed by atoms with Crippen molar-refractivity contribution in [3.8, 4) is 0 Å². The van der Waals surface area contributed by atoms with Gasteiger partial charge in [0.05, 0.1) is 17.2 Å². The predicted octanol–water partition coefficient (Wildman–Crippen LogP) is 3.01. The van der Waals surface area contributed by atoms with Gasteiger partial charge < -0.3 is 5.32 Å². The van der Waals surface area contributed by atoms with E-state index < -0.39 is 5.25 Å². The quantitative estimate of drug-likeness (QED) is 0.661. The van der Waals surface area contributed by atoms with Crippen LogP contribution < -0.4 is 10.7 Å². The Kier molecular flexibility index (Phi) is 4.78. The number of benzene rings is 1. The van der Waals surface area contributed by atoms with Crippen LogP contribution in [0.2, 0.25) is 0 Å². The molecule has 0 saturated heterocycles. The van der Waals surface area contributed by atoms with Crippen molar-refractivity contribution < 1.29 is 9.59 Å². The summed E-state index contributed by atoms with van der Waals surface area (Å²) in [6.07, 6.45) is 1.72. The van der Waals surface area contributed by atoms with E-state index in [0.29, 0.717) is 0 Å². The first-order valence-electron chi connectivity index (χ1n) is 7.06. The van der Waals surface area contributed by atoms with Crippen LogP contribution in [0.1, 0.15) is 16.9 Å². The molecule has 5 nitrogen and oxygen atoms in total. The Morgan fingerprint density at radius 2 is 2.22 bits per heavy atom. The SMILES string of the molecule is Cc1ccsc1/C=N\NC(=O)C[C@H]1Sc2ccccc2NC1=O. The molecule has 0 saturated carbocycles. The molecule has 0 aliphatic carbocycles. The molecule has 0 radical (unpaired) electrons. The van der Waals surface area contributed by atoms with Crippen LogP contribution in [-0.2, 0) is 9.59 Å². The fraction of sp³-hybridized carbons (Fsp3) is 0.188. The van der Waals surface area contributed by atoms with Crippen molar-refractivity contribution in [3.05, 3.63) is 46.2 Å². The second-order valence-corrected chi connectivity index (χ2v) is 7.25. The number of para-hydroxylation sites is 1. The standard InChI is InChI=1S/C16H15N3O2S2/c1-10-6-7-22-14(10)9-17-19-15(20)8-13-16(21)18-11-4-2-3-5-12(11)23-13/h2-7,9,13H,8H2,1H3,(H,18,21)(H,19,20)/b17-9-/t13-/m1/s1. The van der Waals surface area contributed by atoms with Crippen LogP contribution >= 0.6 is 23.1 Å². The highest BCUT2D eigenvalue weighted by Crippen LogP contribution is 2.36. The molecular formula is C16H15N3O2S2. The molecule has 3 rings (SSSR count). The van der Waals surface area contributed by atoms with Crippen LogP contribution in [0.3, 0.4) is 0 Å². The summed E-state index contributed by atoms with van der Waals surface area (Å²) >= 11 is 2.97. The molecule has 1 atom stereocenters. The minimum absolute atomic E-state index is 0.0889. The van der Waals surface area contributed by atoms with Crippen LogP contribution in [0, 0.1) is 6.92 Å². The molecule has 0 unspecified atom stereocenters. The Morgan fingerprint density at radius 3 is 3.00 bits per heavy atom. The fourth-order valence-corrected chi connectivity index (χ4v) is 4.02. The van der Waals surface area contributed by atoms with E-state index in [1.165, 1.54) is 11.8 Å². The molecule has 23 heavy (non-hydrogen) atoms. The van der Waals surface area contributed by atoms with Gasteiger partial charge in [-0.25, -0.2) is 5.43 Å². The van der Waals surface area contributed by atoms with Gasteiger partial charge in [-0.05, 0) is 36.1 Å². The number of nitrogens with zero attached hydrogens (tertiary/aromatic N) is 1. The van der Waals surface area contributed by atoms with Crippen molar-refractivity contribution in [1.29, 1.82) is 0 Å². The first-order valence-corrected chi connectivity index (χ1v) is 8.82. The molecule has 7 heteroatoms. The normalized spacial score (nSPS) is 16.9. The van der Waals surface area contributed by atoms with E-state index in [9.17, 15) is 9.59 Å². The van der Waals surface area contributed by atoms with Gasteiger partial charge in [0, 0.05) is 16.2 Å². The number of hydrogen-bond acceptors (Lipinski definition) is 5. The van der Waals surface area contributed by atoms with Crippen molar-refractivity contribution in [2.75, 3.05) is 5.32 Å². The van der Waals surface area contributed by atoms with Crippen molar-refractivity contribution >= 4 is 46.8 Å². The smallest absolute Gasteiger partial charge is 0.241 e. The van der Waals surface area contributed by atoms with E-state index in [4.69, 9.17) is 0 Å². The number of aryl methyl sites for hydroxylation is 1. The summed E-state index contributed by atoms with van der Waals surface area (Å²) in [5.74, 6) is -0.426. The van der Waals surface area contributed by atoms with E-state index in [0.717, 1.165) is 21.0 Å². The van der Waals surface area contributed by atoms with E-state index in [2.05, 4.69) is 15.8 Å². The molecule has 2 heterocycles. The summed E-state index contributed by atoms with van der Waals surface area (Å²) in [7, 11) is 0. The number of nitrogens with one attached hydrogen (secondary N) is 2. The summed E-state index contributed by atoms with van der Waals surface area (Å²) in [5, 5.41) is 8.31. The third kappa shape index (κ3) is 3.80. The first kappa shape index (κ1) is 15.8. The zero-order chi connectivity index (χ0) is 16.2. The van der Waals surface area contributed by atoms with Crippen LogP contribution in [0.5, 0.6) is 0 Å². The van der Waals surface area contributed by atoms with Crippen molar-refractivity contribution in [2.24, 2.45) is 5.10 Å². The average molecular weight is 345 g/mol. The minimum Gasteiger partial charge on any atom is -0.324 e. The first-order chi connectivity index (χ1) is 11.1. The van der Waals surface area contributed by atoms with Gasteiger partial charge in [-0.2, -0.15) is 5.10 Å². The molecule has 0 spiro atoms. The summed E-state index contributed by atoms with van der Waals surface area (Å²) in [6.45, 7) is 1.99. The number of thioether (sulfide) groups is 1. The number of carbonyl (C=O) groups excluding carboxylic acids is 2. The maximum absolute atomic E-state index is 12.0. The monoisotopic (exact) mass is 345 g/mol. The summed E-state index contributed by atoms with van der Waals surface area (Å²) in [6, 6.07) is 9.56. The van der Waals surface area contributed by atoms with E-state index in [1.807, 2.05) is 42.6 Å². The average Bonchev–Trinajstić information content (AvgIpc) is 2.93. The number of thiophene rings is 1. The van der Waals surface area contributed by atoms with E-state index in [-0.39, 0.29) is 18.2 Å². The molecule has 1 aliphatic rings. The summed E-state index contributed by atoms with van der Waals surface area (Å²) in [4.78, 5) is 26.0. The van der Waals surface area contributed by atoms with Crippen LogP contribution in [0.15, 0.2) is 45.7 Å². The van der Waals surface area contributed by atoms with E-state index in [1.54, 1.807) is 17.6 Å². The third-order valence-electron chi connectivity index (χ3n) is 3.35. The lowest BCUT2D eigenvalue weighted by molar-refractivity contribution is -0.124. The van der Waals surface area contributed by atoms with Gasteiger partial charge >= 0.3 is 0 Å². The van der Waals surface area contributed by atoms with Gasteiger partial charge in [0.2, 0.25) is 11.8 Å². The molecule has 2 N–H and O–H groups in total. The lowest BCUT2D eigenvalue weighted by Crippen LogP contribution is -2.33. The molecule has 0 fully saturated rings. The molecule has 1 aromatic heterocycles. The van der Waals surface area contributed by atoms with Crippen LogP contribution in [0.4, 0.5) is 5.69 Å².